The number of hydrazone groups is 1. The minimum atomic E-state index is -0.991. The number of hydrogen-bond acceptors (Lipinski definition) is 9. The number of anilines is 1. The molecule has 0 saturated carbocycles. The van der Waals surface area contributed by atoms with E-state index in [1.54, 1.807) is 48.7 Å². The maximum absolute atomic E-state index is 12.6. The van der Waals surface area contributed by atoms with E-state index >= 15 is 0 Å². The highest BCUT2D eigenvalue weighted by atomic mass is 32.1. The molecule has 0 spiro atoms. The maximum Gasteiger partial charge on any atom is 0.353 e. The second-order valence-electron chi connectivity index (χ2n) is 8.08. The Balaban J connectivity index is 1.39. The van der Waals surface area contributed by atoms with Gasteiger partial charge in [-0.2, -0.15) is 5.10 Å². The van der Waals surface area contributed by atoms with Crippen LogP contribution in [0.25, 0.3) is 0 Å². The third kappa shape index (κ3) is 6.69. The summed E-state index contributed by atoms with van der Waals surface area (Å²) in [5.41, 5.74) is 3.96. The van der Waals surface area contributed by atoms with Gasteiger partial charge >= 0.3 is 23.8 Å². The third-order valence-corrected chi connectivity index (χ3v) is 7.56. The topological polar surface area (TPSA) is 123 Å². The molecule has 2 N–H and O–H groups in total. The van der Waals surface area contributed by atoms with Gasteiger partial charge in [0.1, 0.15) is 15.6 Å². The second kappa shape index (κ2) is 12.4. The Kier molecular flexibility index (Phi) is 8.81. The van der Waals surface area contributed by atoms with Gasteiger partial charge in [-0.15, -0.1) is 22.7 Å². The van der Waals surface area contributed by atoms with Gasteiger partial charge in [0, 0.05) is 4.88 Å². The Hall–Kier alpha value is -3.83. The normalized spacial score (nSPS) is 12.9. The molecule has 11 heteroatoms. The summed E-state index contributed by atoms with van der Waals surface area (Å²) in [6.07, 6.45) is 5.91. The van der Waals surface area contributed by atoms with Gasteiger partial charge in [-0.25, -0.2) is 15.0 Å². The van der Waals surface area contributed by atoms with Crippen LogP contribution in [0.5, 0.6) is 5.75 Å². The molecule has 192 valence electrons. The molecule has 9 nitrogen and oxygen atoms in total. The average molecular weight is 540 g/mol. The summed E-state index contributed by atoms with van der Waals surface area (Å²) in [4.78, 5) is 51.2. The number of ether oxygens (including phenoxy) is 2. The lowest BCUT2D eigenvalue weighted by Crippen LogP contribution is -2.32. The molecule has 2 aromatic heterocycles. The van der Waals surface area contributed by atoms with Crippen molar-refractivity contribution in [1.82, 2.24) is 5.43 Å². The zero-order valence-electron chi connectivity index (χ0n) is 20.1. The van der Waals surface area contributed by atoms with E-state index < -0.39 is 23.8 Å². The van der Waals surface area contributed by atoms with Crippen LogP contribution in [0, 0.1) is 0 Å². The largest absolute Gasteiger partial charge is 0.462 e. The maximum atomic E-state index is 12.6. The first-order chi connectivity index (χ1) is 18.0. The number of carbonyl (C=O) groups is 4. The first-order valence-electron chi connectivity index (χ1n) is 11.8. The van der Waals surface area contributed by atoms with Crippen LogP contribution < -0.4 is 15.5 Å². The number of amides is 2. The van der Waals surface area contributed by atoms with Crippen LogP contribution in [0.2, 0.25) is 0 Å². The van der Waals surface area contributed by atoms with Crippen molar-refractivity contribution in [2.45, 2.75) is 39.0 Å². The van der Waals surface area contributed by atoms with E-state index in [9.17, 15) is 19.2 Å². The van der Waals surface area contributed by atoms with Crippen molar-refractivity contribution in [3.63, 3.8) is 0 Å². The Morgan fingerprint density at radius 2 is 1.86 bits per heavy atom. The van der Waals surface area contributed by atoms with Gasteiger partial charge < -0.3 is 14.8 Å². The number of carbonyl (C=O) groups excluding carboxylic acids is 4. The minimum Gasteiger partial charge on any atom is -0.462 e. The van der Waals surface area contributed by atoms with Gasteiger partial charge in [-0.05, 0) is 67.3 Å². The summed E-state index contributed by atoms with van der Waals surface area (Å²) >= 11 is 2.59. The highest BCUT2D eigenvalue weighted by molar-refractivity contribution is 7.17. The van der Waals surface area contributed by atoms with E-state index in [4.69, 9.17) is 9.47 Å². The number of thiophene rings is 2. The fraction of sp³-hybridized carbons (Fsp3) is 0.269. The molecule has 2 amide bonds. The van der Waals surface area contributed by atoms with Crippen molar-refractivity contribution in [2.75, 3.05) is 11.9 Å². The highest BCUT2D eigenvalue weighted by Crippen LogP contribution is 2.38. The Bertz CT molecular complexity index is 1330. The standard InChI is InChI=1S/C26H25N3O6S2/c1-2-34-26(33)21-18-10-4-3-5-11-19(18)37-24(21)28-22(30)23(31)29-27-15-16-8-6-9-17(14-16)35-25(32)20-12-7-13-36-20/h6-9,12-15H,2-5,10-11H2,1H3,(H,28,30)(H,29,31)/b27-15+. The Labute approximate surface area is 221 Å². The fourth-order valence-electron chi connectivity index (χ4n) is 3.84. The predicted octanol–water partition coefficient (Wildman–Crippen LogP) is 4.56. The van der Waals surface area contributed by atoms with Crippen LogP contribution in [0.15, 0.2) is 46.9 Å². The number of rotatable bonds is 7. The second-order valence-corrected chi connectivity index (χ2v) is 10.1. The SMILES string of the molecule is CCOC(=O)c1c(NC(=O)C(=O)N/N=C/c2cccc(OC(=O)c3cccs3)c2)sc2c1CCCCC2. The number of nitrogens with one attached hydrogen (secondary N) is 2. The number of fused-ring (bicyclic) bond motifs is 1. The van der Waals surface area contributed by atoms with Crippen molar-refractivity contribution in [1.29, 1.82) is 0 Å². The van der Waals surface area contributed by atoms with Gasteiger partial charge in [0.15, 0.2) is 0 Å². The quantitative estimate of drug-likeness (QED) is 0.113. The lowest BCUT2D eigenvalue weighted by Gasteiger charge is -2.08. The van der Waals surface area contributed by atoms with Crippen LogP contribution >= 0.6 is 22.7 Å². The molecule has 0 unspecified atom stereocenters. The van der Waals surface area contributed by atoms with Gasteiger partial charge in [0.05, 0.1) is 18.4 Å². The smallest absolute Gasteiger partial charge is 0.353 e. The number of benzene rings is 1. The summed E-state index contributed by atoms with van der Waals surface area (Å²) in [7, 11) is 0. The zero-order chi connectivity index (χ0) is 26.2. The molecule has 0 saturated heterocycles. The monoisotopic (exact) mass is 539 g/mol. The molecule has 3 aromatic rings. The molecule has 4 rings (SSSR count). The highest BCUT2D eigenvalue weighted by Gasteiger charge is 2.27. The summed E-state index contributed by atoms with van der Waals surface area (Å²) in [5, 5.41) is 8.48. The molecule has 37 heavy (non-hydrogen) atoms. The van der Waals surface area contributed by atoms with Crippen LogP contribution in [-0.2, 0) is 27.2 Å². The van der Waals surface area contributed by atoms with E-state index in [0.717, 1.165) is 42.5 Å². The fourth-order valence-corrected chi connectivity index (χ4v) is 5.71. The summed E-state index contributed by atoms with van der Waals surface area (Å²) in [5.74, 6) is -2.60. The lowest BCUT2D eigenvalue weighted by atomic mass is 10.1. The van der Waals surface area contributed by atoms with Crippen molar-refractivity contribution >= 4 is 57.6 Å². The van der Waals surface area contributed by atoms with Crippen molar-refractivity contribution in [2.24, 2.45) is 5.10 Å². The molecule has 1 aliphatic carbocycles. The molecule has 1 aliphatic rings. The van der Waals surface area contributed by atoms with Crippen LogP contribution in [-0.4, -0.2) is 36.6 Å². The van der Waals surface area contributed by atoms with E-state index in [-0.39, 0.29) is 6.61 Å². The van der Waals surface area contributed by atoms with Gasteiger partial charge in [0.2, 0.25) is 0 Å². The molecule has 0 atom stereocenters. The number of esters is 2. The molecular formula is C26H25N3O6S2. The number of aryl methyl sites for hydroxylation is 1. The molecule has 2 heterocycles. The van der Waals surface area contributed by atoms with E-state index in [2.05, 4.69) is 15.8 Å². The van der Waals surface area contributed by atoms with Crippen molar-refractivity contribution in [3.05, 3.63) is 68.2 Å². The van der Waals surface area contributed by atoms with Gasteiger partial charge in [-0.1, -0.05) is 24.6 Å². The first kappa shape index (κ1) is 26.2. The summed E-state index contributed by atoms with van der Waals surface area (Å²) in [6.45, 7) is 1.93. The summed E-state index contributed by atoms with van der Waals surface area (Å²) < 4.78 is 10.5. The van der Waals surface area contributed by atoms with E-state index in [0.29, 0.717) is 26.8 Å². The van der Waals surface area contributed by atoms with Gasteiger partial charge in [-0.3, -0.25) is 9.59 Å². The van der Waals surface area contributed by atoms with E-state index in [1.807, 2.05) is 0 Å². The number of hydrogen-bond donors (Lipinski definition) is 2. The van der Waals surface area contributed by atoms with E-state index in [1.165, 1.54) is 28.9 Å². The van der Waals surface area contributed by atoms with Crippen molar-refractivity contribution in [3.8, 4) is 5.75 Å². The molecular weight excluding hydrogens is 514 g/mol. The molecule has 0 aliphatic heterocycles. The predicted molar refractivity (Wildman–Crippen MR) is 142 cm³/mol. The lowest BCUT2D eigenvalue weighted by molar-refractivity contribution is -0.136. The van der Waals surface area contributed by atoms with Crippen LogP contribution in [0.3, 0.4) is 0 Å². The molecule has 0 fully saturated rings. The Morgan fingerprint density at radius 3 is 2.65 bits per heavy atom. The van der Waals surface area contributed by atoms with Gasteiger partial charge in [0.25, 0.3) is 0 Å². The summed E-state index contributed by atoms with van der Waals surface area (Å²) in [6, 6.07) is 9.99. The first-order valence-corrected chi connectivity index (χ1v) is 13.5. The zero-order valence-corrected chi connectivity index (χ0v) is 21.7. The molecule has 0 bridgehead atoms. The third-order valence-electron chi connectivity index (χ3n) is 5.50. The Morgan fingerprint density at radius 1 is 1.03 bits per heavy atom. The van der Waals surface area contributed by atoms with Crippen molar-refractivity contribution < 1.29 is 28.7 Å². The number of nitrogens with zero attached hydrogens (tertiary/aromatic N) is 1. The molecule has 0 radical (unpaired) electrons. The van der Waals surface area contributed by atoms with Crippen LogP contribution in [0.1, 0.15) is 62.2 Å². The van der Waals surface area contributed by atoms with Crippen LogP contribution in [0.4, 0.5) is 5.00 Å². The molecule has 1 aromatic carbocycles. The minimum absolute atomic E-state index is 0.209. The average Bonchev–Trinajstić information content (AvgIpc) is 3.47.